The summed E-state index contributed by atoms with van der Waals surface area (Å²) in [7, 11) is 2.65. The smallest absolute Gasteiger partial charge is 0.345 e. The van der Waals surface area contributed by atoms with Gasteiger partial charge in [0, 0.05) is 12.1 Å². The zero-order chi connectivity index (χ0) is 19.1. The maximum Gasteiger partial charge on any atom is 0.345 e. The van der Waals surface area contributed by atoms with E-state index in [1.807, 2.05) is 20.8 Å². The van der Waals surface area contributed by atoms with Crippen molar-refractivity contribution in [2.24, 2.45) is 5.92 Å². The molecule has 138 valence electrons. The summed E-state index contributed by atoms with van der Waals surface area (Å²) in [6, 6.07) is 2.12. The number of carbonyl (C=O) groups excluding carboxylic acids is 2. The topological polar surface area (TPSA) is 117 Å². The summed E-state index contributed by atoms with van der Waals surface area (Å²) < 4.78 is 14.9. The Morgan fingerprint density at radius 2 is 1.72 bits per heavy atom. The van der Waals surface area contributed by atoms with E-state index in [1.54, 1.807) is 0 Å². The van der Waals surface area contributed by atoms with Crippen molar-refractivity contribution in [3.63, 3.8) is 0 Å². The number of nitro groups is 1. The van der Waals surface area contributed by atoms with Crippen LogP contribution in [0, 0.1) is 16.0 Å². The van der Waals surface area contributed by atoms with Crippen LogP contribution in [-0.4, -0.2) is 43.7 Å². The van der Waals surface area contributed by atoms with Crippen molar-refractivity contribution >= 4 is 17.6 Å². The van der Waals surface area contributed by atoms with Crippen LogP contribution in [0.15, 0.2) is 12.1 Å². The predicted molar refractivity (Wildman–Crippen MR) is 88.9 cm³/mol. The molecule has 0 bridgehead atoms. The highest BCUT2D eigenvalue weighted by molar-refractivity contribution is 5.96. The van der Waals surface area contributed by atoms with Crippen LogP contribution in [0.1, 0.15) is 31.1 Å². The lowest BCUT2D eigenvalue weighted by Gasteiger charge is -2.17. The number of esters is 1. The molecule has 0 aliphatic heterocycles. The highest BCUT2D eigenvalue weighted by Crippen LogP contribution is 2.34. The van der Waals surface area contributed by atoms with E-state index >= 15 is 0 Å². The third-order valence-electron chi connectivity index (χ3n) is 3.64. The molecule has 1 atom stereocenters. The number of rotatable bonds is 8. The molecule has 0 radical (unpaired) electrons. The van der Waals surface area contributed by atoms with E-state index in [9.17, 15) is 19.7 Å². The van der Waals surface area contributed by atoms with Gasteiger partial charge in [-0.25, -0.2) is 4.79 Å². The van der Waals surface area contributed by atoms with Crippen LogP contribution in [0.4, 0.5) is 5.69 Å². The maximum atomic E-state index is 12.2. The largest absolute Gasteiger partial charge is 0.493 e. The van der Waals surface area contributed by atoms with Crippen LogP contribution in [0.5, 0.6) is 11.5 Å². The minimum absolute atomic E-state index is 0.0957. The van der Waals surface area contributed by atoms with E-state index in [2.05, 4.69) is 5.32 Å². The summed E-state index contributed by atoms with van der Waals surface area (Å²) in [5.41, 5.74) is -0.828. The van der Waals surface area contributed by atoms with Crippen molar-refractivity contribution in [1.82, 2.24) is 5.32 Å². The monoisotopic (exact) mass is 354 g/mol. The predicted octanol–water partition coefficient (Wildman–Crippen LogP) is 1.93. The number of ether oxygens (including phenoxy) is 3. The highest BCUT2D eigenvalue weighted by atomic mass is 16.6. The zero-order valence-electron chi connectivity index (χ0n) is 14.8. The van der Waals surface area contributed by atoms with E-state index in [0.717, 1.165) is 12.1 Å². The third kappa shape index (κ3) is 5.33. The van der Waals surface area contributed by atoms with Gasteiger partial charge in [-0.3, -0.25) is 14.9 Å². The van der Waals surface area contributed by atoms with Gasteiger partial charge < -0.3 is 19.5 Å². The maximum absolute atomic E-state index is 12.2. The Labute approximate surface area is 145 Å². The van der Waals surface area contributed by atoms with Gasteiger partial charge in [0.25, 0.3) is 11.6 Å². The summed E-state index contributed by atoms with van der Waals surface area (Å²) in [4.78, 5) is 34.4. The first kappa shape index (κ1) is 20.2. The number of hydrogen-bond acceptors (Lipinski definition) is 7. The number of methoxy groups -OCH3 is 2. The Kier molecular flexibility index (Phi) is 7.16. The van der Waals surface area contributed by atoms with E-state index in [-0.39, 0.29) is 29.0 Å². The van der Waals surface area contributed by atoms with E-state index < -0.39 is 29.1 Å². The second-order valence-electron chi connectivity index (χ2n) is 5.66. The lowest BCUT2D eigenvalue weighted by Crippen LogP contribution is -2.38. The molecule has 1 rings (SSSR count). The summed E-state index contributed by atoms with van der Waals surface area (Å²) >= 11 is 0. The molecule has 9 nitrogen and oxygen atoms in total. The van der Waals surface area contributed by atoms with Crippen LogP contribution in [-0.2, 0) is 9.53 Å². The molecule has 0 saturated heterocycles. The van der Waals surface area contributed by atoms with Crippen LogP contribution >= 0.6 is 0 Å². The molecule has 0 saturated carbocycles. The molecule has 0 aliphatic rings. The molecule has 1 aromatic rings. The molecule has 1 N–H and O–H groups in total. The number of benzene rings is 1. The number of hydrogen-bond donors (Lipinski definition) is 1. The Morgan fingerprint density at radius 1 is 1.16 bits per heavy atom. The van der Waals surface area contributed by atoms with Crippen LogP contribution in [0.3, 0.4) is 0 Å². The van der Waals surface area contributed by atoms with Crippen molar-refractivity contribution in [3.8, 4) is 11.5 Å². The minimum atomic E-state index is -1.000. The lowest BCUT2D eigenvalue weighted by atomic mass is 10.1. The second kappa shape index (κ2) is 8.86. The molecule has 1 aromatic carbocycles. The van der Waals surface area contributed by atoms with Crippen LogP contribution in [0.25, 0.3) is 0 Å². The molecule has 0 spiro atoms. The Hall–Kier alpha value is -2.84. The van der Waals surface area contributed by atoms with Gasteiger partial charge in [0.2, 0.25) is 0 Å². The Bertz CT molecular complexity index is 658. The molecule has 9 heteroatoms. The van der Waals surface area contributed by atoms with Crippen molar-refractivity contribution < 1.29 is 28.7 Å². The number of nitrogens with zero attached hydrogens (tertiary/aromatic N) is 1. The first-order valence-corrected chi connectivity index (χ1v) is 7.58. The molecule has 0 aliphatic carbocycles. The Balaban J connectivity index is 2.93. The Morgan fingerprint density at radius 3 is 2.20 bits per heavy atom. The van der Waals surface area contributed by atoms with Crippen LogP contribution < -0.4 is 14.8 Å². The average Bonchev–Trinajstić information content (AvgIpc) is 2.57. The molecule has 0 unspecified atom stereocenters. The number of nitrogens with one attached hydrogen (secondary N) is 1. The molecule has 0 fully saturated rings. The molecule has 0 heterocycles. The van der Waals surface area contributed by atoms with Gasteiger partial charge in [-0.15, -0.1) is 0 Å². The van der Waals surface area contributed by atoms with Gasteiger partial charge in [0.15, 0.2) is 18.1 Å². The first-order valence-electron chi connectivity index (χ1n) is 7.58. The van der Waals surface area contributed by atoms with Crippen molar-refractivity contribution in [2.45, 2.75) is 26.8 Å². The van der Waals surface area contributed by atoms with E-state index in [1.165, 1.54) is 14.2 Å². The highest BCUT2D eigenvalue weighted by Gasteiger charge is 2.26. The molecular formula is C16H22N2O7. The SMILES string of the molecule is COc1cc(C(=O)OCC(=O)N[C@@H](C)C(C)C)c([N+](=O)[O-])cc1OC. The summed E-state index contributed by atoms with van der Waals surface area (Å²) in [5.74, 6) is -1.03. The molecule has 25 heavy (non-hydrogen) atoms. The molecular weight excluding hydrogens is 332 g/mol. The van der Waals surface area contributed by atoms with Gasteiger partial charge in [-0.05, 0) is 12.8 Å². The summed E-state index contributed by atoms with van der Waals surface area (Å²) in [5, 5.41) is 13.8. The normalized spacial score (nSPS) is 11.6. The van der Waals surface area contributed by atoms with Crippen molar-refractivity contribution in [1.29, 1.82) is 0 Å². The van der Waals surface area contributed by atoms with Crippen molar-refractivity contribution in [3.05, 3.63) is 27.8 Å². The summed E-state index contributed by atoms with van der Waals surface area (Å²) in [6.45, 7) is 5.15. The number of nitro benzene ring substituents is 1. The number of amides is 1. The fourth-order valence-electron chi connectivity index (χ4n) is 1.85. The number of carbonyl (C=O) groups is 2. The van der Waals surface area contributed by atoms with Crippen molar-refractivity contribution in [2.75, 3.05) is 20.8 Å². The first-order chi connectivity index (χ1) is 11.7. The van der Waals surface area contributed by atoms with Crippen LogP contribution in [0.2, 0.25) is 0 Å². The molecule has 1 amide bonds. The summed E-state index contributed by atoms with van der Waals surface area (Å²) in [6.07, 6.45) is 0. The fraction of sp³-hybridized carbons (Fsp3) is 0.500. The van der Waals surface area contributed by atoms with Gasteiger partial charge in [-0.2, -0.15) is 0 Å². The standard InChI is InChI=1S/C16H22N2O7/c1-9(2)10(3)17-15(19)8-25-16(20)11-6-13(23-4)14(24-5)7-12(11)18(21)22/h6-7,9-10H,8H2,1-5H3,(H,17,19)/t10-/m0/s1. The minimum Gasteiger partial charge on any atom is -0.493 e. The van der Waals surface area contributed by atoms with Gasteiger partial charge in [-0.1, -0.05) is 13.8 Å². The molecule has 0 aromatic heterocycles. The van der Waals surface area contributed by atoms with Gasteiger partial charge in [0.05, 0.1) is 25.2 Å². The van der Waals surface area contributed by atoms with E-state index in [4.69, 9.17) is 14.2 Å². The lowest BCUT2D eigenvalue weighted by molar-refractivity contribution is -0.385. The third-order valence-corrected chi connectivity index (χ3v) is 3.64. The second-order valence-corrected chi connectivity index (χ2v) is 5.66. The average molecular weight is 354 g/mol. The zero-order valence-corrected chi connectivity index (χ0v) is 14.8. The van der Waals surface area contributed by atoms with Gasteiger partial charge >= 0.3 is 5.97 Å². The quantitative estimate of drug-likeness (QED) is 0.430. The fourth-order valence-corrected chi connectivity index (χ4v) is 1.85. The van der Waals surface area contributed by atoms with Gasteiger partial charge in [0.1, 0.15) is 5.56 Å². The van der Waals surface area contributed by atoms with E-state index in [0.29, 0.717) is 0 Å².